The Hall–Kier alpha value is -2.44. The third kappa shape index (κ3) is 3.23. The molecule has 3 rings (SSSR count). The minimum atomic E-state index is -2.71. The van der Waals surface area contributed by atoms with Crippen LogP contribution in [0.15, 0.2) is 18.2 Å². The minimum absolute atomic E-state index is 0.0322. The van der Waals surface area contributed by atoms with Crippen molar-refractivity contribution in [3.8, 4) is 5.75 Å². The highest BCUT2D eigenvalue weighted by molar-refractivity contribution is 5.97. The van der Waals surface area contributed by atoms with Gasteiger partial charge >= 0.3 is 6.55 Å². The Balaban J connectivity index is 1.90. The van der Waals surface area contributed by atoms with Crippen molar-refractivity contribution in [2.45, 2.75) is 46.8 Å². The van der Waals surface area contributed by atoms with Crippen molar-refractivity contribution in [2.24, 2.45) is 0 Å². The second-order valence-corrected chi connectivity index (χ2v) is 6.45. The van der Waals surface area contributed by atoms with Crippen LogP contribution in [0.3, 0.4) is 0 Å². The van der Waals surface area contributed by atoms with Crippen molar-refractivity contribution in [2.75, 3.05) is 11.4 Å². The van der Waals surface area contributed by atoms with E-state index < -0.39 is 6.55 Å². The first-order valence-electron chi connectivity index (χ1n) is 8.18. The highest BCUT2D eigenvalue weighted by Gasteiger charge is 2.29. The summed E-state index contributed by atoms with van der Waals surface area (Å²) in [5, 5.41) is 3.85. The van der Waals surface area contributed by atoms with E-state index >= 15 is 0 Å². The number of halogens is 2. The smallest absolute Gasteiger partial charge is 0.333 e. The molecule has 0 spiro atoms. The number of carbonyl (C=O) groups is 1. The first-order chi connectivity index (χ1) is 11.8. The molecule has 1 amide bonds. The van der Waals surface area contributed by atoms with E-state index in [-0.39, 0.29) is 18.4 Å². The zero-order valence-electron chi connectivity index (χ0n) is 14.7. The Bertz CT molecular complexity index is 817. The van der Waals surface area contributed by atoms with Crippen LogP contribution in [0, 0.1) is 20.8 Å². The van der Waals surface area contributed by atoms with Crippen molar-refractivity contribution in [3.05, 3.63) is 40.7 Å². The summed E-state index contributed by atoms with van der Waals surface area (Å²) in [4.78, 5) is 14.6. The van der Waals surface area contributed by atoms with Gasteiger partial charge in [-0.25, -0.2) is 4.68 Å². The molecule has 1 aromatic heterocycles. The number of amides is 1. The lowest BCUT2D eigenvalue weighted by atomic mass is 10.1. The molecule has 25 heavy (non-hydrogen) atoms. The maximum atomic E-state index is 13.0. The second-order valence-electron chi connectivity index (χ2n) is 6.45. The van der Waals surface area contributed by atoms with Crippen LogP contribution in [0.1, 0.15) is 36.0 Å². The summed E-state index contributed by atoms with van der Waals surface area (Å²) >= 11 is 0. The quantitative estimate of drug-likeness (QED) is 0.851. The number of nitrogens with zero attached hydrogens (tertiary/aromatic N) is 3. The minimum Gasteiger partial charge on any atom is -0.487 e. The predicted octanol–water partition coefficient (Wildman–Crippen LogP) is 3.56. The number of ether oxygens (including phenoxy) is 1. The second kappa shape index (κ2) is 6.46. The van der Waals surface area contributed by atoms with Crippen LogP contribution < -0.4 is 9.64 Å². The molecule has 0 aliphatic carbocycles. The van der Waals surface area contributed by atoms with Crippen LogP contribution in [-0.4, -0.2) is 28.3 Å². The number of alkyl halides is 2. The molecule has 1 aliphatic rings. The number of aryl methyl sites for hydroxylation is 2. The van der Waals surface area contributed by atoms with Gasteiger partial charge in [0.05, 0.1) is 24.3 Å². The number of aromatic nitrogens is 2. The van der Waals surface area contributed by atoms with Gasteiger partial charge in [-0.3, -0.25) is 4.79 Å². The maximum Gasteiger partial charge on any atom is 0.333 e. The molecule has 0 saturated heterocycles. The fourth-order valence-electron chi connectivity index (χ4n) is 3.17. The molecule has 2 heterocycles. The van der Waals surface area contributed by atoms with E-state index in [2.05, 4.69) is 5.10 Å². The molecule has 1 atom stereocenters. The lowest BCUT2D eigenvalue weighted by Gasteiger charge is -2.33. The van der Waals surface area contributed by atoms with Gasteiger partial charge in [0.2, 0.25) is 5.91 Å². The van der Waals surface area contributed by atoms with E-state index in [0.717, 1.165) is 5.56 Å². The third-order valence-electron chi connectivity index (χ3n) is 4.46. The van der Waals surface area contributed by atoms with Gasteiger partial charge in [0.1, 0.15) is 11.9 Å². The first kappa shape index (κ1) is 17.4. The Morgan fingerprint density at radius 1 is 1.36 bits per heavy atom. The van der Waals surface area contributed by atoms with Crippen LogP contribution in [0.25, 0.3) is 0 Å². The summed E-state index contributed by atoms with van der Waals surface area (Å²) in [7, 11) is 0. The number of hydrogen-bond donors (Lipinski definition) is 0. The number of anilines is 1. The Morgan fingerprint density at radius 3 is 2.72 bits per heavy atom. The summed E-state index contributed by atoms with van der Waals surface area (Å²) in [6.45, 7) is 4.78. The Kier molecular flexibility index (Phi) is 4.49. The SMILES string of the molecule is Cc1ccc2c(c1)O[C@@H](C)CN2C(=O)Cc1c(C)nn(C(F)F)c1C. The maximum absolute atomic E-state index is 13.0. The van der Waals surface area contributed by atoms with Crippen molar-refractivity contribution in [3.63, 3.8) is 0 Å². The average molecular weight is 349 g/mol. The van der Waals surface area contributed by atoms with Crippen molar-refractivity contribution in [1.29, 1.82) is 0 Å². The summed E-state index contributed by atoms with van der Waals surface area (Å²) < 4.78 is 32.5. The van der Waals surface area contributed by atoms with Gasteiger partial charge < -0.3 is 9.64 Å². The molecule has 2 aromatic rings. The molecule has 0 fully saturated rings. The van der Waals surface area contributed by atoms with Gasteiger partial charge in [-0.15, -0.1) is 0 Å². The first-order valence-corrected chi connectivity index (χ1v) is 8.18. The zero-order chi connectivity index (χ0) is 18.3. The zero-order valence-corrected chi connectivity index (χ0v) is 14.7. The molecule has 1 aliphatic heterocycles. The molecule has 134 valence electrons. The van der Waals surface area contributed by atoms with Gasteiger partial charge in [-0.2, -0.15) is 13.9 Å². The van der Waals surface area contributed by atoms with Gasteiger partial charge in [0, 0.05) is 11.3 Å². The van der Waals surface area contributed by atoms with Crippen LogP contribution in [0.5, 0.6) is 5.75 Å². The fraction of sp³-hybridized carbons (Fsp3) is 0.444. The van der Waals surface area contributed by atoms with Gasteiger partial charge in [0.15, 0.2) is 0 Å². The molecule has 0 N–H and O–H groups in total. The summed E-state index contributed by atoms with van der Waals surface area (Å²) in [5.74, 6) is 0.518. The number of fused-ring (bicyclic) bond motifs is 1. The number of hydrogen-bond acceptors (Lipinski definition) is 3. The standard InChI is InChI=1S/C18H21F2N3O2/c1-10-5-6-15-16(7-10)25-11(2)9-22(15)17(24)8-14-12(3)21-23(13(14)4)18(19)20/h5-7,11,18H,8-9H2,1-4H3/t11-/m0/s1. The highest BCUT2D eigenvalue weighted by atomic mass is 19.3. The van der Waals surface area contributed by atoms with E-state index in [9.17, 15) is 13.6 Å². The topological polar surface area (TPSA) is 47.4 Å². The molecule has 0 unspecified atom stereocenters. The molecule has 7 heteroatoms. The Morgan fingerprint density at radius 2 is 2.08 bits per heavy atom. The average Bonchev–Trinajstić information content (AvgIpc) is 2.81. The highest BCUT2D eigenvalue weighted by Crippen LogP contribution is 2.35. The lowest BCUT2D eigenvalue weighted by Crippen LogP contribution is -2.43. The number of benzene rings is 1. The number of rotatable bonds is 3. The molecular weight excluding hydrogens is 328 g/mol. The number of carbonyl (C=O) groups excluding carboxylic acids is 1. The van der Waals surface area contributed by atoms with Gasteiger partial charge in [-0.05, 0) is 45.4 Å². The normalized spacial score (nSPS) is 16.8. The van der Waals surface area contributed by atoms with E-state index in [0.29, 0.717) is 39.6 Å². The molecule has 0 bridgehead atoms. The van der Waals surface area contributed by atoms with E-state index in [1.807, 2.05) is 32.0 Å². The summed E-state index contributed by atoms with van der Waals surface area (Å²) in [6, 6.07) is 5.68. The third-order valence-corrected chi connectivity index (χ3v) is 4.46. The van der Waals surface area contributed by atoms with Crippen LogP contribution in [0.4, 0.5) is 14.5 Å². The van der Waals surface area contributed by atoms with Gasteiger partial charge in [0.25, 0.3) is 0 Å². The molecule has 0 radical (unpaired) electrons. The molecule has 5 nitrogen and oxygen atoms in total. The molecule has 1 aromatic carbocycles. The lowest BCUT2D eigenvalue weighted by molar-refractivity contribution is -0.118. The summed E-state index contributed by atoms with van der Waals surface area (Å²) in [5.41, 5.74) is 3.09. The van der Waals surface area contributed by atoms with Crippen LogP contribution in [0.2, 0.25) is 0 Å². The monoisotopic (exact) mass is 349 g/mol. The predicted molar refractivity (Wildman–Crippen MR) is 90.3 cm³/mol. The van der Waals surface area contributed by atoms with Crippen molar-refractivity contribution < 1.29 is 18.3 Å². The van der Waals surface area contributed by atoms with Gasteiger partial charge in [-0.1, -0.05) is 6.07 Å². The van der Waals surface area contributed by atoms with Crippen LogP contribution >= 0.6 is 0 Å². The summed E-state index contributed by atoms with van der Waals surface area (Å²) in [6.07, 6.45) is -0.103. The molecule has 0 saturated carbocycles. The van der Waals surface area contributed by atoms with E-state index in [4.69, 9.17) is 4.74 Å². The fourth-order valence-corrected chi connectivity index (χ4v) is 3.17. The van der Waals surface area contributed by atoms with Crippen LogP contribution in [-0.2, 0) is 11.2 Å². The van der Waals surface area contributed by atoms with Crippen molar-refractivity contribution >= 4 is 11.6 Å². The van der Waals surface area contributed by atoms with Crippen molar-refractivity contribution in [1.82, 2.24) is 9.78 Å². The Labute approximate surface area is 145 Å². The van der Waals surface area contributed by atoms with E-state index in [1.54, 1.807) is 18.7 Å². The molecular formula is C18H21F2N3O2. The largest absolute Gasteiger partial charge is 0.487 e. The van der Waals surface area contributed by atoms with E-state index in [1.165, 1.54) is 0 Å².